The molecular formula is C13H18I-. The fourth-order valence-corrected chi connectivity index (χ4v) is 11.7. The van der Waals surface area contributed by atoms with Crippen LogP contribution >= 0.6 is 0 Å². The summed E-state index contributed by atoms with van der Waals surface area (Å²) in [6.45, 7) is 0. The SMILES string of the molecule is C1C2CC3C4CC5CC(C14)C(C2)C3[I-]5. The topological polar surface area (TPSA) is 0 Å². The quantitative estimate of drug-likeness (QED) is 0.419. The van der Waals surface area contributed by atoms with Gasteiger partial charge in [-0.2, -0.15) is 0 Å². The standard InChI is InChI=1S/C13H18I/c1-6-2-11-9-4-7-5-10(8(1)9)12(3-6)13(11)14-7/h6-13H,1-5H2/q-1. The van der Waals surface area contributed by atoms with Gasteiger partial charge in [0, 0.05) is 0 Å². The Bertz CT molecular complexity index is 210. The number of rotatable bonds is 0. The van der Waals surface area contributed by atoms with Crippen LogP contribution in [-0.2, 0) is 0 Å². The van der Waals surface area contributed by atoms with Gasteiger partial charge in [0.25, 0.3) is 0 Å². The second-order valence-corrected chi connectivity index (χ2v) is 10.5. The summed E-state index contributed by atoms with van der Waals surface area (Å²) in [5, 5.41) is 0. The van der Waals surface area contributed by atoms with E-state index in [9.17, 15) is 0 Å². The molecule has 2 aliphatic heterocycles. The van der Waals surface area contributed by atoms with Crippen LogP contribution in [-0.4, -0.2) is 7.85 Å². The zero-order chi connectivity index (χ0) is 8.86. The van der Waals surface area contributed by atoms with Gasteiger partial charge in [-0.25, -0.2) is 0 Å². The van der Waals surface area contributed by atoms with Gasteiger partial charge >= 0.3 is 96.7 Å². The predicted octanol–water partition coefficient (Wildman–Crippen LogP) is -0.472. The van der Waals surface area contributed by atoms with Gasteiger partial charge in [-0.1, -0.05) is 0 Å². The number of hydrogen-bond donors (Lipinski definition) is 0. The van der Waals surface area contributed by atoms with E-state index >= 15 is 0 Å². The summed E-state index contributed by atoms with van der Waals surface area (Å²) < 4.78 is 2.64. The van der Waals surface area contributed by atoms with Crippen molar-refractivity contribution in [2.45, 2.75) is 40.0 Å². The maximum absolute atomic E-state index is 1.70. The van der Waals surface area contributed by atoms with Crippen LogP contribution in [0.1, 0.15) is 32.1 Å². The van der Waals surface area contributed by atoms with E-state index in [1.807, 2.05) is 0 Å². The van der Waals surface area contributed by atoms with Crippen LogP contribution in [0.2, 0.25) is 0 Å². The van der Waals surface area contributed by atoms with Gasteiger partial charge in [-0.15, -0.1) is 0 Å². The molecule has 7 fully saturated rings. The van der Waals surface area contributed by atoms with Crippen molar-refractivity contribution in [3.8, 4) is 0 Å². The Morgan fingerprint density at radius 1 is 0.643 bits per heavy atom. The van der Waals surface area contributed by atoms with Crippen molar-refractivity contribution in [2.75, 3.05) is 0 Å². The molecule has 78 valence electrons. The predicted molar refractivity (Wildman–Crippen MR) is 51.6 cm³/mol. The molecule has 5 saturated carbocycles. The summed E-state index contributed by atoms with van der Waals surface area (Å²) in [6, 6.07) is 0. The minimum absolute atomic E-state index is 0.642. The number of alkyl halides is 2. The van der Waals surface area contributed by atoms with Gasteiger partial charge in [0.1, 0.15) is 0 Å². The van der Waals surface area contributed by atoms with Gasteiger partial charge in [0.05, 0.1) is 0 Å². The number of halogens is 1. The molecule has 2 saturated heterocycles. The van der Waals surface area contributed by atoms with Crippen LogP contribution in [0, 0.1) is 35.5 Å². The molecule has 14 heavy (non-hydrogen) atoms. The van der Waals surface area contributed by atoms with Crippen LogP contribution in [0.25, 0.3) is 0 Å². The molecule has 5 aliphatic carbocycles. The zero-order valence-electron chi connectivity index (χ0n) is 8.53. The Balaban J connectivity index is 1.70. The third-order valence-electron chi connectivity index (χ3n) is 6.21. The first-order valence-corrected chi connectivity index (χ1v) is 9.01. The summed E-state index contributed by atoms with van der Waals surface area (Å²) in [4.78, 5) is 0. The molecule has 0 aromatic rings. The fraction of sp³-hybridized carbons (Fsp3) is 1.00. The summed E-state index contributed by atoms with van der Waals surface area (Å²) in [5.41, 5.74) is 0. The molecule has 0 radical (unpaired) electrons. The average Bonchev–Trinajstić information content (AvgIpc) is 2.24. The van der Waals surface area contributed by atoms with Crippen molar-refractivity contribution >= 4 is 0 Å². The summed E-state index contributed by atoms with van der Waals surface area (Å²) in [7, 11) is 0. The van der Waals surface area contributed by atoms with Gasteiger partial charge < -0.3 is 0 Å². The Morgan fingerprint density at radius 3 is 1.93 bits per heavy atom. The van der Waals surface area contributed by atoms with Crippen LogP contribution < -0.4 is 21.2 Å². The second-order valence-electron chi connectivity index (χ2n) is 6.53. The molecule has 7 rings (SSSR count). The van der Waals surface area contributed by atoms with E-state index in [-0.39, 0.29) is 0 Å². The summed E-state index contributed by atoms with van der Waals surface area (Å²) >= 11 is 0.642. The van der Waals surface area contributed by atoms with E-state index in [2.05, 4.69) is 0 Å². The molecule has 0 N–H and O–H groups in total. The molecule has 8 bridgehead atoms. The fourth-order valence-electron chi connectivity index (χ4n) is 6.03. The van der Waals surface area contributed by atoms with Crippen LogP contribution in [0.3, 0.4) is 0 Å². The van der Waals surface area contributed by atoms with E-state index in [0.29, 0.717) is 21.2 Å². The maximum atomic E-state index is 1.70. The van der Waals surface area contributed by atoms with Gasteiger partial charge in [-0.3, -0.25) is 0 Å². The Kier molecular flexibility index (Phi) is 1.33. The Hall–Kier alpha value is 0.730. The third kappa shape index (κ3) is 0.738. The van der Waals surface area contributed by atoms with E-state index in [1.165, 1.54) is 43.4 Å². The first kappa shape index (κ1) is 7.92. The molecule has 0 aromatic carbocycles. The molecule has 0 spiro atoms. The minimum atomic E-state index is 0.642. The molecule has 0 aromatic heterocycles. The van der Waals surface area contributed by atoms with Gasteiger partial charge in [-0.05, 0) is 0 Å². The zero-order valence-corrected chi connectivity index (χ0v) is 10.7. The first-order valence-electron chi connectivity index (χ1n) is 6.52. The monoisotopic (exact) mass is 301 g/mol. The first-order chi connectivity index (χ1) is 6.90. The summed E-state index contributed by atoms with van der Waals surface area (Å²) in [5.74, 6) is 7.51. The van der Waals surface area contributed by atoms with Crippen molar-refractivity contribution in [3.63, 3.8) is 0 Å². The number of hydrogen-bond acceptors (Lipinski definition) is 0. The van der Waals surface area contributed by atoms with Crippen molar-refractivity contribution in [1.82, 2.24) is 0 Å². The van der Waals surface area contributed by atoms with Crippen molar-refractivity contribution in [1.29, 1.82) is 0 Å². The molecule has 4 unspecified atom stereocenters. The molecular weight excluding hydrogens is 283 g/mol. The second kappa shape index (κ2) is 2.36. The van der Waals surface area contributed by atoms with Gasteiger partial charge in [0.2, 0.25) is 0 Å². The van der Waals surface area contributed by atoms with E-state index < -0.39 is 0 Å². The van der Waals surface area contributed by atoms with E-state index in [1.54, 1.807) is 32.1 Å². The molecule has 0 amide bonds. The summed E-state index contributed by atoms with van der Waals surface area (Å²) in [6.07, 6.45) is 8.44. The van der Waals surface area contributed by atoms with Gasteiger partial charge in [0.15, 0.2) is 0 Å². The van der Waals surface area contributed by atoms with Crippen LogP contribution in [0.5, 0.6) is 0 Å². The molecule has 2 heterocycles. The Labute approximate surface area is 96.5 Å². The van der Waals surface area contributed by atoms with Crippen LogP contribution in [0.15, 0.2) is 0 Å². The third-order valence-corrected chi connectivity index (χ3v) is 10.9. The molecule has 4 atom stereocenters. The van der Waals surface area contributed by atoms with Crippen molar-refractivity contribution in [3.05, 3.63) is 0 Å². The normalized spacial score (nSPS) is 72.6. The van der Waals surface area contributed by atoms with E-state index in [4.69, 9.17) is 0 Å². The average molecular weight is 301 g/mol. The Morgan fingerprint density at radius 2 is 1.21 bits per heavy atom. The van der Waals surface area contributed by atoms with Crippen molar-refractivity contribution in [2.24, 2.45) is 35.5 Å². The molecule has 7 aliphatic rings. The van der Waals surface area contributed by atoms with Crippen LogP contribution in [0.4, 0.5) is 0 Å². The molecule has 1 heteroatoms. The van der Waals surface area contributed by atoms with E-state index in [0.717, 1.165) is 0 Å². The van der Waals surface area contributed by atoms with Crippen molar-refractivity contribution < 1.29 is 21.2 Å². The molecule has 0 nitrogen and oxygen atoms in total.